The van der Waals surface area contributed by atoms with Crippen molar-refractivity contribution in [1.82, 2.24) is 15.0 Å². The normalized spacial score (nSPS) is 10.2. The number of anilines is 3. The number of nitrogens with one attached hydrogen (secondary N) is 1. The first kappa shape index (κ1) is 13.0. The first-order valence-electron chi connectivity index (χ1n) is 5.61. The Morgan fingerprint density at radius 2 is 1.84 bits per heavy atom. The van der Waals surface area contributed by atoms with Crippen molar-refractivity contribution in [2.24, 2.45) is 0 Å². The Balaban J connectivity index is 2.17. The highest BCUT2D eigenvalue weighted by molar-refractivity contribution is 5.55. The fourth-order valence-corrected chi connectivity index (χ4v) is 1.49. The molecule has 7 heteroatoms. The van der Waals surface area contributed by atoms with E-state index in [0.29, 0.717) is 11.8 Å². The number of nitrogen functional groups attached to an aromatic ring is 1. The molecule has 19 heavy (non-hydrogen) atoms. The molecule has 0 spiro atoms. The minimum Gasteiger partial charge on any atom is -0.497 e. The fraction of sp³-hybridized carbons (Fsp3) is 0.250. The van der Waals surface area contributed by atoms with Gasteiger partial charge in [-0.1, -0.05) is 0 Å². The molecule has 0 saturated carbocycles. The number of methoxy groups -OCH3 is 2. The summed E-state index contributed by atoms with van der Waals surface area (Å²) in [4.78, 5) is 12.2. The molecule has 3 N–H and O–H groups in total. The predicted molar refractivity (Wildman–Crippen MR) is 71.2 cm³/mol. The lowest BCUT2D eigenvalue weighted by Gasteiger charge is -2.07. The van der Waals surface area contributed by atoms with Crippen molar-refractivity contribution in [2.45, 2.75) is 6.61 Å². The molecule has 1 heterocycles. The zero-order valence-electron chi connectivity index (χ0n) is 10.8. The molecular formula is C12H15N5O2. The molecule has 0 saturated heterocycles. The molecule has 0 bridgehead atoms. The summed E-state index contributed by atoms with van der Waals surface area (Å²) in [7, 11) is 3.18. The quantitative estimate of drug-likeness (QED) is 0.838. The van der Waals surface area contributed by atoms with Gasteiger partial charge in [0.1, 0.15) is 12.4 Å². The maximum Gasteiger partial charge on any atom is 0.232 e. The van der Waals surface area contributed by atoms with Crippen molar-refractivity contribution in [1.29, 1.82) is 0 Å². The first-order valence-corrected chi connectivity index (χ1v) is 5.61. The van der Waals surface area contributed by atoms with Gasteiger partial charge in [-0.2, -0.15) is 15.0 Å². The molecule has 0 aliphatic carbocycles. The molecule has 0 atom stereocenters. The molecule has 0 radical (unpaired) electrons. The minimum atomic E-state index is 0.151. The van der Waals surface area contributed by atoms with Crippen molar-refractivity contribution in [2.75, 3.05) is 25.3 Å². The van der Waals surface area contributed by atoms with E-state index in [2.05, 4.69) is 20.3 Å². The Kier molecular flexibility index (Phi) is 4.09. The molecule has 0 aliphatic heterocycles. The molecule has 2 aromatic rings. The van der Waals surface area contributed by atoms with Crippen molar-refractivity contribution in [3.8, 4) is 5.75 Å². The second-order valence-electron chi connectivity index (χ2n) is 3.72. The van der Waals surface area contributed by atoms with Crippen molar-refractivity contribution >= 4 is 17.6 Å². The highest BCUT2D eigenvalue weighted by atomic mass is 16.5. The number of nitrogens with two attached hydrogens (primary N) is 1. The van der Waals surface area contributed by atoms with Crippen LogP contribution in [-0.2, 0) is 11.3 Å². The third kappa shape index (κ3) is 3.52. The topological polar surface area (TPSA) is 95.2 Å². The van der Waals surface area contributed by atoms with E-state index in [4.69, 9.17) is 15.2 Å². The third-order valence-electron chi connectivity index (χ3n) is 2.32. The first-order chi connectivity index (χ1) is 9.21. The lowest BCUT2D eigenvalue weighted by atomic mass is 10.3. The van der Waals surface area contributed by atoms with Gasteiger partial charge in [0.15, 0.2) is 5.82 Å². The monoisotopic (exact) mass is 261 g/mol. The van der Waals surface area contributed by atoms with Crippen molar-refractivity contribution < 1.29 is 9.47 Å². The van der Waals surface area contributed by atoms with Crippen LogP contribution in [0.1, 0.15) is 5.82 Å². The van der Waals surface area contributed by atoms with Crippen LogP contribution in [0.4, 0.5) is 17.6 Å². The number of hydrogen-bond donors (Lipinski definition) is 2. The highest BCUT2D eigenvalue weighted by Crippen LogP contribution is 2.18. The van der Waals surface area contributed by atoms with Crippen LogP contribution in [0.3, 0.4) is 0 Å². The number of rotatable bonds is 5. The summed E-state index contributed by atoms with van der Waals surface area (Å²) in [5, 5.41) is 3.04. The molecule has 2 rings (SSSR count). The van der Waals surface area contributed by atoms with Gasteiger partial charge in [-0.3, -0.25) is 0 Å². The molecule has 0 unspecified atom stereocenters. The van der Waals surface area contributed by atoms with Gasteiger partial charge < -0.3 is 20.5 Å². The average Bonchev–Trinajstić information content (AvgIpc) is 2.39. The summed E-state index contributed by atoms with van der Waals surface area (Å²) < 4.78 is 10.0. The van der Waals surface area contributed by atoms with Crippen LogP contribution in [0, 0.1) is 0 Å². The Bertz CT molecular complexity index is 544. The van der Waals surface area contributed by atoms with Gasteiger partial charge in [0.05, 0.1) is 7.11 Å². The second-order valence-corrected chi connectivity index (χ2v) is 3.72. The van der Waals surface area contributed by atoms with Crippen LogP contribution in [0.15, 0.2) is 24.3 Å². The van der Waals surface area contributed by atoms with E-state index < -0.39 is 0 Å². The lowest BCUT2D eigenvalue weighted by molar-refractivity contribution is 0.178. The average molecular weight is 261 g/mol. The Hall–Kier alpha value is -2.41. The van der Waals surface area contributed by atoms with Gasteiger partial charge in [-0.05, 0) is 24.3 Å². The SMILES string of the molecule is COCc1nc(N)nc(Nc2ccc(OC)cc2)n1. The molecule has 100 valence electrons. The van der Waals surface area contributed by atoms with E-state index in [-0.39, 0.29) is 12.6 Å². The Morgan fingerprint density at radius 1 is 1.11 bits per heavy atom. The van der Waals surface area contributed by atoms with Crippen molar-refractivity contribution in [3.05, 3.63) is 30.1 Å². The zero-order chi connectivity index (χ0) is 13.7. The molecule has 7 nitrogen and oxygen atoms in total. The van der Waals surface area contributed by atoms with E-state index in [0.717, 1.165) is 11.4 Å². The standard InChI is InChI=1S/C12H15N5O2/c1-18-7-10-15-11(13)17-12(16-10)14-8-3-5-9(19-2)6-4-8/h3-6H,7H2,1-2H3,(H3,13,14,15,16,17). The van der Waals surface area contributed by atoms with E-state index in [1.165, 1.54) is 0 Å². The van der Waals surface area contributed by atoms with E-state index in [1.54, 1.807) is 14.2 Å². The van der Waals surface area contributed by atoms with Gasteiger partial charge in [0.25, 0.3) is 0 Å². The van der Waals surface area contributed by atoms with Crippen LogP contribution in [-0.4, -0.2) is 29.2 Å². The molecule has 0 fully saturated rings. The van der Waals surface area contributed by atoms with Crippen LogP contribution in [0.25, 0.3) is 0 Å². The summed E-state index contributed by atoms with van der Waals surface area (Å²) >= 11 is 0. The van der Waals surface area contributed by atoms with Crippen LogP contribution in [0.5, 0.6) is 5.75 Å². The summed E-state index contributed by atoms with van der Waals surface area (Å²) in [6.07, 6.45) is 0. The predicted octanol–water partition coefficient (Wildman–Crippen LogP) is 1.35. The molecule has 0 aliphatic rings. The van der Waals surface area contributed by atoms with E-state index in [9.17, 15) is 0 Å². The number of nitrogens with zero attached hydrogens (tertiary/aromatic N) is 3. The summed E-state index contributed by atoms with van der Waals surface area (Å²) in [6, 6.07) is 7.38. The number of aromatic nitrogens is 3. The maximum absolute atomic E-state index is 5.61. The van der Waals surface area contributed by atoms with Gasteiger partial charge in [0, 0.05) is 12.8 Å². The maximum atomic E-state index is 5.61. The lowest BCUT2D eigenvalue weighted by Crippen LogP contribution is -2.07. The number of benzene rings is 1. The van der Waals surface area contributed by atoms with Gasteiger partial charge >= 0.3 is 0 Å². The third-order valence-corrected chi connectivity index (χ3v) is 2.32. The van der Waals surface area contributed by atoms with E-state index in [1.807, 2.05) is 24.3 Å². The van der Waals surface area contributed by atoms with Crippen LogP contribution >= 0.6 is 0 Å². The smallest absolute Gasteiger partial charge is 0.232 e. The summed E-state index contributed by atoms with van der Waals surface area (Å²) in [6.45, 7) is 0.282. The molecular weight excluding hydrogens is 246 g/mol. The number of hydrogen-bond acceptors (Lipinski definition) is 7. The molecule has 1 aromatic heterocycles. The summed E-state index contributed by atoms with van der Waals surface area (Å²) in [5.41, 5.74) is 6.44. The Morgan fingerprint density at radius 3 is 2.47 bits per heavy atom. The van der Waals surface area contributed by atoms with Crippen LogP contribution in [0.2, 0.25) is 0 Å². The van der Waals surface area contributed by atoms with E-state index >= 15 is 0 Å². The second kappa shape index (κ2) is 5.96. The zero-order valence-corrected chi connectivity index (χ0v) is 10.8. The van der Waals surface area contributed by atoms with Crippen LogP contribution < -0.4 is 15.8 Å². The summed E-state index contributed by atoms with van der Waals surface area (Å²) in [5.74, 6) is 1.79. The Labute approximate surface area is 110 Å². The highest BCUT2D eigenvalue weighted by Gasteiger charge is 2.04. The fourth-order valence-electron chi connectivity index (χ4n) is 1.49. The molecule has 1 aromatic carbocycles. The largest absolute Gasteiger partial charge is 0.497 e. The van der Waals surface area contributed by atoms with Gasteiger partial charge in [-0.15, -0.1) is 0 Å². The minimum absolute atomic E-state index is 0.151. The number of ether oxygens (including phenoxy) is 2. The van der Waals surface area contributed by atoms with Crippen molar-refractivity contribution in [3.63, 3.8) is 0 Å². The molecule has 0 amide bonds. The van der Waals surface area contributed by atoms with Gasteiger partial charge in [0.2, 0.25) is 11.9 Å². The van der Waals surface area contributed by atoms with Gasteiger partial charge in [-0.25, -0.2) is 0 Å².